The lowest BCUT2D eigenvalue weighted by atomic mass is 9.87. The summed E-state index contributed by atoms with van der Waals surface area (Å²) in [5.74, 6) is -2.27. The number of carbonyl (C=O) groups is 2. The largest absolute Gasteiger partial charge is 0.550 e. The maximum Gasteiger partial charge on any atom is 0.177 e. The molecule has 16 heavy (non-hydrogen) atoms. The van der Waals surface area contributed by atoms with Crippen molar-refractivity contribution in [2.75, 3.05) is 27.7 Å². The number of carboxylic acids is 1. The van der Waals surface area contributed by atoms with Crippen molar-refractivity contribution in [1.82, 2.24) is 0 Å². The highest BCUT2D eigenvalue weighted by Gasteiger charge is 2.42. The van der Waals surface area contributed by atoms with Crippen LogP contribution in [0.1, 0.15) is 20.3 Å². The summed E-state index contributed by atoms with van der Waals surface area (Å²) in [4.78, 5) is 22.4. The molecule has 0 aliphatic carbocycles. The number of likely N-dealkylation sites (N-methyl/N-ethyl adjacent to an activating group) is 1. The molecule has 0 saturated heterocycles. The van der Waals surface area contributed by atoms with Crippen LogP contribution < -0.4 is 5.11 Å². The first-order valence-corrected chi connectivity index (χ1v) is 5.25. The predicted molar refractivity (Wildman–Crippen MR) is 57.3 cm³/mol. The van der Waals surface area contributed by atoms with Gasteiger partial charge in [-0.15, -0.1) is 0 Å². The molecular formula is C11H21NO4. The zero-order valence-corrected chi connectivity index (χ0v) is 10.6. The Labute approximate surface area is 96.3 Å². The summed E-state index contributed by atoms with van der Waals surface area (Å²) in [7, 11) is 5.36. The third kappa shape index (κ3) is 4.72. The lowest BCUT2D eigenvalue weighted by Gasteiger charge is -2.35. The van der Waals surface area contributed by atoms with Crippen LogP contribution in [-0.4, -0.2) is 54.6 Å². The molecule has 0 aromatic heterocycles. The first-order chi connectivity index (χ1) is 6.98. The molecular weight excluding hydrogens is 210 g/mol. The molecule has 0 bridgehead atoms. The first kappa shape index (κ1) is 15.1. The number of rotatable bonds is 6. The number of carbonyl (C=O) groups excluding carboxylic acids is 2. The van der Waals surface area contributed by atoms with E-state index in [1.54, 1.807) is 35.0 Å². The Morgan fingerprint density at radius 1 is 1.31 bits per heavy atom. The van der Waals surface area contributed by atoms with Crippen molar-refractivity contribution < 1.29 is 24.3 Å². The van der Waals surface area contributed by atoms with Gasteiger partial charge in [0.1, 0.15) is 6.54 Å². The molecule has 1 atom stereocenters. The Kier molecular flexibility index (Phi) is 4.64. The lowest BCUT2D eigenvalue weighted by Crippen LogP contribution is -2.57. The van der Waals surface area contributed by atoms with Crippen LogP contribution in [-0.2, 0) is 9.59 Å². The van der Waals surface area contributed by atoms with Gasteiger partial charge in [0, 0.05) is 18.3 Å². The standard InChI is InChI=1S/C11H21NO4/c1-8(2)10(15)11(16,6-9(13)14)7-12(3,4)5/h8,16H,6-7H2,1-5H3/t11-/m1/s1. The Morgan fingerprint density at radius 3 is 2.00 bits per heavy atom. The van der Waals surface area contributed by atoms with Gasteiger partial charge in [-0.25, -0.2) is 0 Å². The molecule has 0 spiro atoms. The van der Waals surface area contributed by atoms with Gasteiger partial charge < -0.3 is 19.5 Å². The van der Waals surface area contributed by atoms with Crippen LogP contribution in [0.5, 0.6) is 0 Å². The molecule has 5 heteroatoms. The summed E-state index contributed by atoms with van der Waals surface area (Å²) in [5.41, 5.74) is -1.84. The summed E-state index contributed by atoms with van der Waals surface area (Å²) < 4.78 is 0.308. The highest BCUT2D eigenvalue weighted by atomic mass is 16.4. The molecule has 0 aliphatic rings. The minimum Gasteiger partial charge on any atom is -0.550 e. The predicted octanol–water partition coefficient (Wildman–Crippen LogP) is -1.21. The van der Waals surface area contributed by atoms with Crippen LogP contribution in [0.2, 0.25) is 0 Å². The van der Waals surface area contributed by atoms with E-state index >= 15 is 0 Å². The molecule has 0 aromatic carbocycles. The minimum atomic E-state index is -1.84. The van der Waals surface area contributed by atoms with Crippen molar-refractivity contribution in [3.05, 3.63) is 0 Å². The third-order valence-electron chi connectivity index (χ3n) is 2.16. The second kappa shape index (κ2) is 4.93. The van der Waals surface area contributed by atoms with Gasteiger partial charge in [0.2, 0.25) is 0 Å². The van der Waals surface area contributed by atoms with E-state index in [1.807, 2.05) is 0 Å². The third-order valence-corrected chi connectivity index (χ3v) is 2.16. The SMILES string of the molecule is CC(C)C(=O)[C@@](O)(CC(=O)[O-])C[N+](C)(C)C. The maximum atomic E-state index is 11.8. The van der Waals surface area contributed by atoms with E-state index in [2.05, 4.69) is 0 Å². The van der Waals surface area contributed by atoms with E-state index in [0.29, 0.717) is 4.48 Å². The van der Waals surface area contributed by atoms with Gasteiger partial charge in [0.15, 0.2) is 11.4 Å². The second-order valence-corrected chi connectivity index (χ2v) is 5.55. The summed E-state index contributed by atoms with van der Waals surface area (Å²) in [6, 6.07) is 0. The highest BCUT2D eigenvalue weighted by Crippen LogP contribution is 2.19. The molecule has 5 nitrogen and oxygen atoms in total. The van der Waals surface area contributed by atoms with Gasteiger partial charge in [-0.2, -0.15) is 0 Å². The van der Waals surface area contributed by atoms with E-state index in [4.69, 9.17) is 0 Å². The molecule has 0 fully saturated rings. The number of aliphatic hydroxyl groups is 1. The molecule has 0 aromatic rings. The summed E-state index contributed by atoms with van der Waals surface area (Å²) in [6.45, 7) is 3.33. The lowest BCUT2D eigenvalue weighted by molar-refractivity contribution is -0.875. The van der Waals surface area contributed by atoms with Gasteiger partial charge in [0.25, 0.3) is 0 Å². The zero-order chi connectivity index (χ0) is 13.1. The van der Waals surface area contributed by atoms with Crippen molar-refractivity contribution in [2.24, 2.45) is 5.92 Å². The Morgan fingerprint density at radius 2 is 1.75 bits per heavy atom. The summed E-state index contributed by atoms with van der Waals surface area (Å²) in [6.07, 6.45) is -0.653. The van der Waals surface area contributed by atoms with Crippen LogP contribution in [0.4, 0.5) is 0 Å². The number of hydrogen-bond acceptors (Lipinski definition) is 4. The van der Waals surface area contributed by atoms with E-state index in [-0.39, 0.29) is 6.54 Å². The fourth-order valence-electron chi connectivity index (χ4n) is 1.78. The second-order valence-electron chi connectivity index (χ2n) is 5.55. The van der Waals surface area contributed by atoms with Crippen molar-refractivity contribution in [3.8, 4) is 0 Å². The van der Waals surface area contributed by atoms with Gasteiger partial charge in [-0.1, -0.05) is 13.8 Å². The van der Waals surface area contributed by atoms with E-state index < -0.39 is 29.7 Å². The highest BCUT2D eigenvalue weighted by molar-refractivity contribution is 5.92. The number of quaternary nitrogens is 1. The number of aliphatic carboxylic acids is 1. The number of ketones is 1. The molecule has 0 radical (unpaired) electrons. The summed E-state index contributed by atoms with van der Waals surface area (Å²) in [5, 5.41) is 20.8. The molecule has 0 unspecified atom stereocenters. The number of nitrogens with zero attached hydrogens (tertiary/aromatic N) is 1. The van der Waals surface area contributed by atoms with Crippen LogP contribution in [0, 0.1) is 5.92 Å². The quantitative estimate of drug-likeness (QED) is 0.582. The maximum absolute atomic E-state index is 11.8. The van der Waals surface area contributed by atoms with Crippen LogP contribution in [0.3, 0.4) is 0 Å². The normalized spacial score (nSPS) is 15.9. The smallest absolute Gasteiger partial charge is 0.177 e. The van der Waals surface area contributed by atoms with Gasteiger partial charge in [0.05, 0.1) is 21.1 Å². The molecule has 0 amide bonds. The van der Waals surface area contributed by atoms with Crippen LogP contribution >= 0.6 is 0 Å². The van der Waals surface area contributed by atoms with Crippen molar-refractivity contribution in [1.29, 1.82) is 0 Å². The van der Waals surface area contributed by atoms with E-state index in [9.17, 15) is 19.8 Å². The first-order valence-electron chi connectivity index (χ1n) is 5.25. The number of hydrogen-bond donors (Lipinski definition) is 1. The average Bonchev–Trinajstić information content (AvgIpc) is 1.96. The van der Waals surface area contributed by atoms with Gasteiger partial charge in [-0.3, -0.25) is 4.79 Å². The van der Waals surface area contributed by atoms with Crippen LogP contribution in [0.25, 0.3) is 0 Å². The van der Waals surface area contributed by atoms with Crippen molar-refractivity contribution in [2.45, 2.75) is 25.9 Å². The van der Waals surface area contributed by atoms with Crippen molar-refractivity contribution in [3.63, 3.8) is 0 Å². The fraction of sp³-hybridized carbons (Fsp3) is 0.818. The monoisotopic (exact) mass is 231 g/mol. The van der Waals surface area contributed by atoms with Crippen molar-refractivity contribution >= 4 is 11.8 Å². The van der Waals surface area contributed by atoms with Gasteiger partial charge in [-0.05, 0) is 0 Å². The average molecular weight is 231 g/mol. The molecule has 0 saturated carbocycles. The molecule has 0 aliphatic heterocycles. The zero-order valence-electron chi connectivity index (χ0n) is 10.6. The van der Waals surface area contributed by atoms with Crippen LogP contribution in [0.15, 0.2) is 0 Å². The summed E-state index contributed by atoms with van der Waals surface area (Å²) >= 11 is 0. The topological polar surface area (TPSA) is 77.4 Å². The molecule has 94 valence electrons. The molecule has 0 heterocycles. The molecule has 1 N–H and O–H groups in total. The minimum absolute atomic E-state index is 0.0536. The number of Topliss-reactive ketones (excluding diaryl/α,β-unsaturated/α-hetero) is 1. The fourth-order valence-corrected chi connectivity index (χ4v) is 1.78. The Hall–Kier alpha value is -0.940. The van der Waals surface area contributed by atoms with E-state index in [1.165, 1.54) is 0 Å². The van der Waals surface area contributed by atoms with Gasteiger partial charge >= 0.3 is 0 Å². The Balaban J connectivity index is 5.03. The van der Waals surface area contributed by atoms with E-state index in [0.717, 1.165) is 0 Å². The number of carboxylic acid groups (broad SMARTS) is 1. The Bertz CT molecular complexity index is 280. The molecule has 0 rings (SSSR count).